The summed E-state index contributed by atoms with van der Waals surface area (Å²) in [5, 5.41) is 0. The number of benzene rings is 1. The monoisotopic (exact) mass is 409 g/mol. The summed E-state index contributed by atoms with van der Waals surface area (Å²) in [4.78, 5) is 11.4. The van der Waals surface area contributed by atoms with Crippen LogP contribution in [0.3, 0.4) is 0 Å². The number of hydrogen-bond donors (Lipinski definition) is 1. The zero-order valence-electron chi connectivity index (χ0n) is 8.25. The maximum absolute atomic E-state index is 12.1. The molecule has 0 aromatic heterocycles. The second-order valence-corrected chi connectivity index (χ2v) is 6.45. The number of carbonyl (C=O) groups is 1. The number of amides is 1. The maximum atomic E-state index is 12.1. The molecule has 0 fully saturated rings. The van der Waals surface area contributed by atoms with Crippen LogP contribution in [-0.2, 0) is 10.0 Å². The fraction of sp³-hybridized carbons (Fsp3) is 0.125. The van der Waals surface area contributed by atoms with Gasteiger partial charge in [-0.1, -0.05) is 15.9 Å². The van der Waals surface area contributed by atoms with E-state index in [2.05, 4.69) is 31.9 Å². The van der Waals surface area contributed by atoms with Crippen molar-refractivity contribution in [1.29, 1.82) is 0 Å². The molecular formula is C8H4Br2F3NO3S. The fourth-order valence-electron chi connectivity index (χ4n) is 0.909. The Balaban J connectivity index is 3.04. The van der Waals surface area contributed by atoms with Crippen molar-refractivity contribution in [3.8, 4) is 0 Å². The molecule has 0 saturated carbocycles. The molecule has 1 aromatic rings. The average Bonchev–Trinajstić information content (AvgIpc) is 2.14. The summed E-state index contributed by atoms with van der Waals surface area (Å²) in [5.74, 6) is -1.37. The van der Waals surface area contributed by atoms with Crippen molar-refractivity contribution in [3.63, 3.8) is 0 Å². The van der Waals surface area contributed by atoms with E-state index in [9.17, 15) is 26.4 Å². The minimum atomic E-state index is -5.70. The molecule has 0 aliphatic rings. The molecular weight excluding hydrogens is 407 g/mol. The highest BCUT2D eigenvalue weighted by Gasteiger charge is 2.47. The normalized spacial score (nSPS) is 12.3. The van der Waals surface area contributed by atoms with E-state index in [1.165, 1.54) is 18.2 Å². The van der Waals surface area contributed by atoms with E-state index in [1.807, 2.05) is 0 Å². The smallest absolute Gasteiger partial charge is 0.268 e. The summed E-state index contributed by atoms with van der Waals surface area (Å²) >= 11 is 6.02. The number of alkyl halides is 3. The third-order valence-electron chi connectivity index (χ3n) is 1.71. The molecule has 0 spiro atoms. The molecule has 0 bridgehead atoms. The molecule has 1 rings (SSSR count). The van der Waals surface area contributed by atoms with Gasteiger partial charge in [0, 0.05) is 8.95 Å². The van der Waals surface area contributed by atoms with E-state index in [-0.39, 0.29) is 10.0 Å². The lowest BCUT2D eigenvalue weighted by atomic mass is 10.2. The summed E-state index contributed by atoms with van der Waals surface area (Å²) in [6, 6.07) is 3.96. The van der Waals surface area contributed by atoms with Crippen molar-refractivity contribution in [1.82, 2.24) is 4.72 Å². The number of halogens is 5. The zero-order chi connectivity index (χ0) is 14.1. The van der Waals surface area contributed by atoms with Crippen molar-refractivity contribution in [2.45, 2.75) is 5.51 Å². The highest BCUT2D eigenvalue weighted by Crippen LogP contribution is 2.24. The van der Waals surface area contributed by atoms with Crippen LogP contribution in [0.25, 0.3) is 0 Å². The first-order chi connectivity index (χ1) is 8.04. The lowest BCUT2D eigenvalue weighted by Gasteiger charge is -2.10. The van der Waals surface area contributed by atoms with Crippen molar-refractivity contribution in [3.05, 3.63) is 32.7 Å². The molecule has 0 atom stereocenters. The van der Waals surface area contributed by atoms with Crippen molar-refractivity contribution in [2.24, 2.45) is 0 Å². The summed E-state index contributed by atoms with van der Waals surface area (Å²) < 4.78 is 59.3. The maximum Gasteiger partial charge on any atom is 0.516 e. The van der Waals surface area contributed by atoms with Gasteiger partial charge < -0.3 is 0 Å². The third-order valence-corrected chi connectivity index (χ3v) is 3.92. The Hall–Kier alpha value is -0.610. The third kappa shape index (κ3) is 3.45. The Morgan fingerprint density at radius 3 is 2.22 bits per heavy atom. The molecule has 0 radical (unpaired) electrons. The number of nitrogens with one attached hydrogen (secondary N) is 1. The van der Waals surface area contributed by atoms with Gasteiger partial charge in [-0.15, -0.1) is 0 Å². The molecule has 0 aliphatic heterocycles. The van der Waals surface area contributed by atoms with Crippen LogP contribution in [0.15, 0.2) is 27.1 Å². The summed E-state index contributed by atoms with van der Waals surface area (Å²) in [7, 11) is -5.70. The van der Waals surface area contributed by atoms with E-state index >= 15 is 0 Å². The van der Waals surface area contributed by atoms with Gasteiger partial charge in [0.1, 0.15) is 0 Å². The minimum absolute atomic E-state index is 0.159. The SMILES string of the molecule is O=C(NS(=O)(=O)C(F)(F)F)c1ccc(Br)cc1Br. The lowest BCUT2D eigenvalue weighted by molar-refractivity contribution is -0.0446. The van der Waals surface area contributed by atoms with E-state index in [0.29, 0.717) is 4.47 Å². The lowest BCUT2D eigenvalue weighted by Crippen LogP contribution is -2.40. The summed E-state index contributed by atoms with van der Waals surface area (Å²) in [6.45, 7) is 0. The van der Waals surface area contributed by atoms with Gasteiger partial charge in [-0.05, 0) is 34.1 Å². The molecule has 0 heterocycles. The molecule has 18 heavy (non-hydrogen) atoms. The highest BCUT2D eigenvalue weighted by atomic mass is 79.9. The van der Waals surface area contributed by atoms with Gasteiger partial charge in [-0.25, -0.2) is 4.72 Å². The second kappa shape index (κ2) is 5.17. The van der Waals surface area contributed by atoms with Crippen LogP contribution in [0, 0.1) is 0 Å². The molecule has 0 aliphatic carbocycles. The average molecular weight is 411 g/mol. The van der Waals surface area contributed by atoms with Crippen LogP contribution in [0.1, 0.15) is 10.4 Å². The van der Waals surface area contributed by atoms with Crippen LogP contribution < -0.4 is 4.72 Å². The molecule has 0 unspecified atom stereocenters. The standard InChI is InChI=1S/C8H4Br2F3NO3S/c9-4-1-2-5(6(10)3-4)7(15)14-18(16,17)8(11,12)13/h1-3H,(H,14,15). The van der Waals surface area contributed by atoms with Gasteiger partial charge in [0.25, 0.3) is 5.91 Å². The van der Waals surface area contributed by atoms with E-state index in [0.717, 1.165) is 4.72 Å². The van der Waals surface area contributed by atoms with Crippen molar-refractivity contribution in [2.75, 3.05) is 0 Å². The quantitative estimate of drug-likeness (QED) is 0.815. The fourth-order valence-corrected chi connectivity index (χ4v) is 2.61. The van der Waals surface area contributed by atoms with Crippen LogP contribution in [0.4, 0.5) is 13.2 Å². The van der Waals surface area contributed by atoms with Crippen LogP contribution in [-0.4, -0.2) is 19.8 Å². The largest absolute Gasteiger partial charge is 0.516 e. The van der Waals surface area contributed by atoms with Crippen molar-refractivity contribution < 1.29 is 26.4 Å². The Labute approximate surface area is 117 Å². The van der Waals surface area contributed by atoms with Gasteiger partial charge in [0.15, 0.2) is 0 Å². The number of hydrogen-bond acceptors (Lipinski definition) is 3. The van der Waals surface area contributed by atoms with Crippen LogP contribution in [0.5, 0.6) is 0 Å². The Morgan fingerprint density at radius 1 is 1.22 bits per heavy atom. The number of rotatable bonds is 2. The Bertz CT molecular complexity index is 586. The molecule has 1 amide bonds. The molecule has 0 saturated heterocycles. The van der Waals surface area contributed by atoms with E-state index in [4.69, 9.17) is 0 Å². The van der Waals surface area contributed by atoms with Crippen LogP contribution in [0.2, 0.25) is 0 Å². The van der Waals surface area contributed by atoms with Crippen LogP contribution >= 0.6 is 31.9 Å². The molecule has 10 heteroatoms. The summed E-state index contributed by atoms with van der Waals surface area (Å²) in [6.07, 6.45) is 0. The molecule has 1 aromatic carbocycles. The molecule has 1 N–H and O–H groups in total. The van der Waals surface area contributed by atoms with Gasteiger partial charge in [0.2, 0.25) is 0 Å². The minimum Gasteiger partial charge on any atom is -0.268 e. The topological polar surface area (TPSA) is 63.2 Å². The predicted octanol–water partition coefficient (Wildman–Crippen LogP) is 2.79. The zero-order valence-corrected chi connectivity index (χ0v) is 12.2. The first-order valence-corrected chi connectivity index (χ1v) is 7.20. The van der Waals surface area contributed by atoms with Gasteiger partial charge in [-0.3, -0.25) is 4.79 Å². The van der Waals surface area contributed by atoms with Gasteiger partial charge >= 0.3 is 15.5 Å². The number of carbonyl (C=O) groups excluding carboxylic acids is 1. The van der Waals surface area contributed by atoms with E-state index in [1.54, 1.807) is 0 Å². The van der Waals surface area contributed by atoms with E-state index < -0.39 is 21.4 Å². The first kappa shape index (κ1) is 15.4. The Morgan fingerprint density at radius 2 is 1.78 bits per heavy atom. The van der Waals surface area contributed by atoms with Crippen molar-refractivity contribution >= 4 is 47.8 Å². The molecule has 100 valence electrons. The Kier molecular flexibility index (Phi) is 4.44. The molecule has 4 nitrogen and oxygen atoms in total. The first-order valence-electron chi connectivity index (χ1n) is 4.13. The summed E-state index contributed by atoms with van der Waals surface area (Å²) in [5.41, 5.74) is -5.77. The highest BCUT2D eigenvalue weighted by molar-refractivity contribution is 9.11. The second-order valence-electron chi connectivity index (χ2n) is 3.00. The van der Waals surface area contributed by atoms with Gasteiger partial charge in [-0.2, -0.15) is 21.6 Å². The predicted molar refractivity (Wildman–Crippen MR) is 64.3 cm³/mol. The number of sulfonamides is 1. The van der Waals surface area contributed by atoms with Gasteiger partial charge in [0.05, 0.1) is 5.56 Å².